The van der Waals surface area contributed by atoms with Crippen molar-refractivity contribution >= 4 is 84.5 Å². The number of aromatic hydroxyl groups is 1. The van der Waals surface area contributed by atoms with E-state index in [-0.39, 0.29) is 51.3 Å². The van der Waals surface area contributed by atoms with Gasteiger partial charge in [-0.05, 0) is 105 Å². The molecule has 2 heterocycles. The lowest BCUT2D eigenvalue weighted by Gasteiger charge is -2.49. The third-order valence-corrected chi connectivity index (χ3v) is 13.0. The van der Waals surface area contributed by atoms with E-state index < -0.39 is 52.6 Å². The van der Waals surface area contributed by atoms with Crippen molar-refractivity contribution in [2.24, 2.45) is 29.1 Å². The molecule has 12 heteroatoms. The van der Waals surface area contributed by atoms with Crippen LogP contribution in [0.2, 0.25) is 5.02 Å². The topological polar surface area (TPSA) is 104 Å². The van der Waals surface area contributed by atoms with Gasteiger partial charge in [0.1, 0.15) is 5.82 Å². The molecule has 8 nitrogen and oxygen atoms in total. The number of amides is 4. The highest BCUT2D eigenvalue weighted by Crippen LogP contribution is 2.65. The van der Waals surface area contributed by atoms with Crippen LogP contribution in [0, 0.1) is 34.9 Å². The van der Waals surface area contributed by atoms with Gasteiger partial charge in [-0.15, -0.1) is 0 Å². The second-order valence-electron chi connectivity index (χ2n) is 12.7. The number of carbonyl (C=O) groups excluding carboxylic acids is 4. The number of rotatable bonds is 5. The smallest absolute Gasteiger partial charge is 0.241 e. The molecule has 2 saturated heterocycles. The Hall–Kier alpha value is -3.80. The highest BCUT2D eigenvalue weighted by Gasteiger charge is 2.68. The first-order chi connectivity index (χ1) is 22.8. The Morgan fingerprint density at radius 3 is 2.31 bits per heavy atom. The number of methoxy groups -OCH3 is 1. The maximum atomic E-state index is 14.7. The molecular weight excluding hydrogens is 771 g/mol. The number of fused-ring (bicyclic) bond motifs is 4. The van der Waals surface area contributed by atoms with Crippen LogP contribution in [0.1, 0.15) is 36.8 Å². The summed E-state index contributed by atoms with van der Waals surface area (Å²) in [5, 5.41) is 10.6. The lowest BCUT2D eigenvalue weighted by atomic mass is 9.51. The van der Waals surface area contributed by atoms with Crippen LogP contribution in [0.25, 0.3) is 6.08 Å². The van der Waals surface area contributed by atoms with Crippen molar-refractivity contribution < 1.29 is 33.4 Å². The normalized spacial score (nSPS) is 27.9. The van der Waals surface area contributed by atoms with Crippen molar-refractivity contribution in [1.82, 2.24) is 0 Å². The molecule has 4 amide bonds. The van der Waals surface area contributed by atoms with Gasteiger partial charge < -0.3 is 9.84 Å². The first kappa shape index (κ1) is 32.7. The molecule has 2 aliphatic heterocycles. The Bertz CT molecular complexity index is 2000. The van der Waals surface area contributed by atoms with E-state index in [1.165, 1.54) is 24.1 Å². The van der Waals surface area contributed by atoms with Crippen LogP contribution in [0.4, 0.5) is 15.8 Å². The summed E-state index contributed by atoms with van der Waals surface area (Å²) >= 11 is 13.2. The molecule has 0 unspecified atom stereocenters. The quantitative estimate of drug-likeness (QED) is 0.209. The molecule has 3 fully saturated rings. The number of anilines is 2. The molecule has 0 radical (unpaired) electrons. The van der Waals surface area contributed by atoms with Crippen LogP contribution in [-0.2, 0) is 19.2 Å². The summed E-state index contributed by atoms with van der Waals surface area (Å²) in [5.41, 5.74) is 1.33. The largest absolute Gasteiger partial charge is 0.503 e. The summed E-state index contributed by atoms with van der Waals surface area (Å²) < 4.78 is 20.4. The Morgan fingerprint density at radius 1 is 0.979 bits per heavy atom. The van der Waals surface area contributed by atoms with E-state index in [1.54, 1.807) is 43.3 Å². The first-order valence-corrected chi connectivity index (χ1v) is 17.2. The molecule has 0 aromatic heterocycles. The summed E-state index contributed by atoms with van der Waals surface area (Å²) in [7, 11) is 1.40. The summed E-state index contributed by atoms with van der Waals surface area (Å²) in [6, 6.07) is 12.3. The van der Waals surface area contributed by atoms with Gasteiger partial charge in [-0.2, -0.15) is 0 Å². The van der Waals surface area contributed by atoms with Crippen molar-refractivity contribution in [3.8, 4) is 11.5 Å². The second-order valence-corrected chi connectivity index (χ2v) is 14.7. The lowest BCUT2D eigenvalue weighted by Crippen LogP contribution is -2.49. The van der Waals surface area contributed by atoms with Gasteiger partial charge in [-0.1, -0.05) is 48.0 Å². The fourth-order valence-electron chi connectivity index (χ4n) is 8.22. The molecule has 3 aromatic rings. The molecule has 0 spiro atoms. The van der Waals surface area contributed by atoms with Gasteiger partial charge in [-0.3, -0.25) is 24.1 Å². The number of allylic oxidation sites excluding steroid dienone is 2. The van der Waals surface area contributed by atoms with Gasteiger partial charge in [0.15, 0.2) is 11.5 Å². The Morgan fingerprint density at radius 2 is 1.67 bits per heavy atom. The van der Waals surface area contributed by atoms with E-state index in [2.05, 4.69) is 38.4 Å². The lowest BCUT2D eigenvalue weighted by molar-refractivity contribution is -0.131. The standard InChI is InChI=1S/C36H28Br2ClFN2O6/c1-4-16-5-7-17(8-6-16)41-32(44)20-11-10-19-21(27(20)34(41)46)14-23-33(45)42(18-9-12-25(40)24(39)13-18)35(47)36(23,2)28(19)22-15-26(48-3)31(43)30(38)29(22)37/h4-10,12-13,15,20-21,23,27-28,43H,1,11,14H2,2-3H3/t20-,21+,23-,27-,28+,36+/m0/s1. The Balaban J connectivity index is 1.40. The van der Waals surface area contributed by atoms with Crippen molar-refractivity contribution in [1.29, 1.82) is 0 Å². The van der Waals surface area contributed by atoms with Gasteiger partial charge in [0.25, 0.3) is 0 Å². The van der Waals surface area contributed by atoms with Crippen LogP contribution in [-0.4, -0.2) is 35.8 Å². The van der Waals surface area contributed by atoms with Crippen LogP contribution >= 0.6 is 43.5 Å². The number of hydrogen-bond donors (Lipinski definition) is 1. The van der Waals surface area contributed by atoms with E-state index >= 15 is 0 Å². The number of hydrogen-bond acceptors (Lipinski definition) is 6. The average Bonchev–Trinajstić information content (AvgIpc) is 3.45. The fraction of sp³-hybridized carbons (Fsp3) is 0.278. The van der Waals surface area contributed by atoms with Crippen LogP contribution in [0.5, 0.6) is 11.5 Å². The van der Waals surface area contributed by atoms with Crippen LogP contribution in [0.3, 0.4) is 0 Å². The van der Waals surface area contributed by atoms with E-state index in [9.17, 15) is 28.7 Å². The fourth-order valence-corrected chi connectivity index (χ4v) is 9.35. The van der Waals surface area contributed by atoms with Crippen molar-refractivity contribution in [3.63, 3.8) is 0 Å². The molecule has 1 N–H and O–H groups in total. The number of phenolic OH excluding ortho intramolecular Hbond substituents is 1. The molecule has 1 saturated carbocycles. The Labute approximate surface area is 297 Å². The number of halogens is 4. The van der Waals surface area contributed by atoms with Crippen molar-refractivity contribution in [2.45, 2.75) is 25.7 Å². The highest BCUT2D eigenvalue weighted by atomic mass is 79.9. The molecular formula is C36H28Br2ClFN2O6. The SMILES string of the molecule is C=Cc1ccc(N2C(=O)[C@H]3[C@H](CC=C4[C@H]3C[C@H]3C(=O)N(c5ccc(F)c(Cl)c5)C(=O)[C@@]3(C)[C@H]4c3cc(OC)c(O)c(Br)c3Br)C2=O)cc1. The third kappa shape index (κ3) is 4.50. The zero-order valence-corrected chi connectivity index (χ0v) is 29.6. The minimum atomic E-state index is -1.39. The molecule has 7 rings (SSSR count). The molecule has 4 aliphatic rings. The van der Waals surface area contributed by atoms with Gasteiger partial charge in [0, 0.05) is 10.4 Å². The van der Waals surface area contributed by atoms with Crippen LogP contribution < -0.4 is 14.5 Å². The molecule has 0 bridgehead atoms. The number of ether oxygens (including phenoxy) is 1. The molecule has 2 aliphatic carbocycles. The van der Waals surface area contributed by atoms with Gasteiger partial charge in [0.2, 0.25) is 23.6 Å². The highest BCUT2D eigenvalue weighted by molar-refractivity contribution is 9.13. The molecule has 6 atom stereocenters. The first-order valence-electron chi connectivity index (χ1n) is 15.2. The predicted molar refractivity (Wildman–Crippen MR) is 185 cm³/mol. The molecule has 48 heavy (non-hydrogen) atoms. The average molecular weight is 799 g/mol. The Kier molecular flexibility index (Phi) is 7.96. The van der Waals surface area contributed by atoms with E-state index in [4.69, 9.17) is 16.3 Å². The number of nitrogens with zero attached hydrogens (tertiary/aromatic N) is 2. The minimum absolute atomic E-state index is 0.130. The van der Waals surface area contributed by atoms with E-state index in [1.807, 2.05) is 6.08 Å². The molecule has 3 aromatic carbocycles. The summed E-state index contributed by atoms with van der Waals surface area (Å²) in [4.78, 5) is 59.6. The van der Waals surface area contributed by atoms with Crippen LogP contribution in [0.15, 0.2) is 75.7 Å². The number of imide groups is 2. The van der Waals surface area contributed by atoms with Gasteiger partial charge in [0.05, 0.1) is 51.1 Å². The maximum Gasteiger partial charge on any atom is 0.241 e. The van der Waals surface area contributed by atoms with E-state index in [0.717, 1.165) is 22.1 Å². The van der Waals surface area contributed by atoms with Crippen molar-refractivity contribution in [3.05, 3.63) is 97.7 Å². The summed E-state index contributed by atoms with van der Waals surface area (Å²) in [6.45, 7) is 5.49. The minimum Gasteiger partial charge on any atom is -0.503 e. The molecule has 246 valence electrons. The summed E-state index contributed by atoms with van der Waals surface area (Å²) in [6.07, 6.45) is 3.99. The monoisotopic (exact) mass is 796 g/mol. The second kappa shape index (κ2) is 11.7. The zero-order chi connectivity index (χ0) is 34.4. The summed E-state index contributed by atoms with van der Waals surface area (Å²) in [5.74, 6) is -6.13. The zero-order valence-electron chi connectivity index (χ0n) is 25.7. The predicted octanol–water partition coefficient (Wildman–Crippen LogP) is 7.80. The van der Waals surface area contributed by atoms with Gasteiger partial charge in [-0.25, -0.2) is 9.29 Å². The number of benzene rings is 3. The van der Waals surface area contributed by atoms with Crippen molar-refractivity contribution in [2.75, 3.05) is 16.9 Å². The maximum absolute atomic E-state index is 14.7. The third-order valence-electron chi connectivity index (χ3n) is 10.5. The number of phenols is 1. The number of carbonyl (C=O) groups is 4. The van der Waals surface area contributed by atoms with Gasteiger partial charge >= 0.3 is 0 Å². The van der Waals surface area contributed by atoms with E-state index in [0.29, 0.717) is 15.7 Å².